The lowest BCUT2D eigenvalue weighted by atomic mass is 10.3. The predicted octanol–water partition coefficient (Wildman–Crippen LogP) is 1.43. The van der Waals surface area contributed by atoms with Gasteiger partial charge in [0, 0.05) is 12.7 Å². The molecule has 0 saturated carbocycles. The normalized spacial score (nSPS) is 18.5. The summed E-state index contributed by atoms with van der Waals surface area (Å²) in [4.78, 5) is 13.4. The fourth-order valence-corrected chi connectivity index (χ4v) is 1.97. The van der Waals surface area contributed by atoms with Crippen molar-refractivity contribution in [1.82, 2.24) is 10.2 Å². The number of carbonyl (C=O) groups excluding carboxylic acids is 1. The summed E-state index contributed by atoms with van der Waals surface area (Å²) in [6, 6.07) is 0. The molecule has 1 N–H and O–H groups in total. The van der Waals surface area contributed by atoms with Gasteiger partial charge in [-0.3, -0.25) is 0 Å². The monoisotopic (exact) mass is 270 g/mol. The van der Waals surface area contributed by atoms with Gasteiger partial charge in [-0.25, -0.2) is 4.79 Å². The third-order valence-electron chi connectivity index (χ3n) is 2.11. The van der Waals surface area contributed by atoms with E-state index in [2.05, 4.69) is 21.2 Å². The van der Waals surface area contributed by atoms with Crippen LogP contribution in [0.15, 0.2) is 34.4 Å². The summed E-state index contributed by atoms with van der Waals surface area (Å²) in [5.41, 5.74) is 0.479. The van der Waals surface area contributed by atoms with E-state index in [1.165, 1.54) is 0 Å². The molecule has 0 fully saturated rings. The van der Waals surface area contributed by atoms with Gasteiger partial charge in [0.25, 0.3) is 0 Å². The van der Waals surface area contributed by atoms with Crippen LogP contribution in [-0.2, 0) is 9.53 Å². The first-order valence-electron chi connectivity index (χ1n) is 4.71. The molecule has 0 aromatic carbocycles. The summed E-state index contributed by atoms with van der Waals surface area (Å²) < 4.78 is 5.85. The molecule has 2 aliphatic rings. The maximum absolute atomic E-state index is 11.5. The van der Waals surface area contributed by atoms with Crippen LogP contribution in [0.25, 0.3) is 0 Å². The zero-order valence-corrected chi connectivity index (χ0v) is 9.87. The average Bonchev–Trinajstić information content (AvgIpc) is 2.63. The van der Waals surface area contributed by atoms with E-state index in [4.69, 9.17) is 4.74 Å². The van der Waals surface area contributed by atoms with Gasteiger partial charge in [0.1, 0.15) is 11.5 Å². The van der Waals surface area contributed by atoms with Gasteiger partial charge >= 0.3 is 5.97 Å². The number of nitrogens with one attached hydrogen (secondary N) is 1. The maximum atomic E-state index is 11.5. The second-order valence-corrected chi connectivity index (χ2v) is 3.99. The van der Waals surface area contributed by atoms with Crippen LogP contribution in [-0.4, -0.2) is 24.0 Å². The molecule has 0 unspecified atom stereocenters. The average molecular weight is 271 g/mol. The predicted molar refractivity (Wildman–Crippen MR) is 59.7 cm³/mol. The van der Waals surface area contributed by atoms with Crippen molar-refractivity contribution < 1.29 is 9.53 Å². The molecular formula is C10H11BrN2O2. The van der Waals surface area contributed by atoms with Crippen LogP contribution < -0.4 is 5.32 Å². The zero-order chi connectivity index (χ0) is 10.8. The standard InChI is InChI=1S/C10H11BrN2O2/c1-2-15-10(14)8-6-13-5-3-4-7(11)9(13)12-8/h3-4,6,12H,2,5H2,1H3. The number of halogens is 1. The number of hydrogen-bond donors (Lipinski definition) is 1. The van der Waals surface area contributed by atoms with Crippen molar-refractivity contribution in [3.63, 3.8) is 0 Å². The maximum Gasteiger partial charge on any atom is 0.356 e. The SMILES string of the molecule is CCOC(=O)C1=CN2CC=CC(Br)=C2N1. The third kappa shape index (κ3) is 1.92. The van der Waals surface area contributed by atoms with Crippen molar-refractivity contribution in [3.05, 3.63) is 34.4 Å². The molecule has 0 aromatic rings. The number of fused-ring (bicyclic) bond motifs is 1. The molecule has 80 valence electrons. The number of hydrogen-bond acceptors (Lipinski definition) is 4. The van der Waals surface area contributed by atoms with Crippen molar-refractivity contribution >= 4 is 21.9 Å². The van der Waals surface area contributed by atoms with Gasteiger partial charge in [0.05, 0.1) is 11.1 Å². The minimum Gasteiger partial charge on any atom is -0.461 e. The lowest BCUT2D eigenvalue weighted by Crippen LogP contribution is -2.24. The highest BCUT2D eigenvalue weighted by Gasteiger charge is 2.25. The topological polar surface area (TPSA) is 41.6 Å². The van der Waals surface area contributed by atoms with Gasteiger partial charge in [-0.15, -0.1) is 0 Å². The zero-order valence-electron chi connectivity index (χ0n) is 8.29. The van der Waals surface area contributed by atoms with E-state index in [9.17, 15) is 4.79 Å². The van der Waals surface area contributed by atoms with Crippen LogP contribution in [0.3, 0.4) is 0 Å². The summed E-state index contributed by atoms with van der Waals surface area (Å²) in [6.45, 7) is 2.94. The van der Waals surface area contributed by atoms with Crippen LogP contribution in [0.4, 0.5) is 0 Å². The van der Waals surface area contributed by atoms with Crippen molar-refractivity contribution in [3.8, 4) is 0 Å². The quantitative estimate of drug-likeness (QED) is 0.771. The lowest BCUT2D eigenvalue weighted by Gasteiger charge is -2.19. The molecule has 0 spiro atoms. The molecule has 0 bridgehead atoms. The van der Waals surface area contributed by atoms with Gasteiger partial charge in [0.15, 0.2) is 0 Å². The largest absolute Gasteiger partial charge is 0.461 e. The molecule has 5 heteroatoms. The molecule has 2 rings (SSSR count). The Bertz CT molecular complexity index is 385. The van der Waals surface area contributed by atoms with E-state index in [0.29, 0.717) is 12.3 Å². The Morgan fingerprint density at radius 1 is 1.73 bits per heavy atom. The molecule has 15 heavy (non-hydrogen) atoms. The van der Waals surface area contributed by atoms with E-state index < -0.39 is 0 Å². The summed E-state index contributed by atoms with van der Waals surface area (Å²) in [5, 5.41) is 3.02. The van der Waals surface area contributed by atoms with Crippen LogP contribution in [0.1, 0.15) is 6.92 Å². The molecule has 0 aromatic heterocycles. The van der Waals surface area contributed by atoms with Crippen molar-refractivity contribution in [2.45, 2.75) is 6.92 Å². The Morgan fingerprint density at radius 3 is 3.20 bits per heavy atom. The van der Waals surface area contributed by atoms with Gasteiger partial charge in [-0.2, -0.15) is 0 Å². The molecule has 4 nitrogen and oxygen atoms in total. The van der Waals surface area contributed by atoms with Crippen molar-refractivity contribution in [2.24, 2.45) is 0 Å². The van der Waals surface area contributed by atoms with Gasteiger partial charge < -0.3 is 15.0 Å². The molecule has 0 aliphatic carbocycles. The van der Waals surface area contributed by atoms with E-state index in [1.807, 2.05) is 17.1 Å². The van der Waals surface area contributed by atoms with E-state index in [1.54, 1.807) is 13.1 Å². The Labute approximate surface area is 96.4 Å². The summed E-state index contributed by atoms with van der Waals surface area (Å²) in [7, 11) is 0. The first-order valence-corrected chi connectivity index (χ1v) is 5.50. The molecule has 2 aliphatic heterocycles. The molecule has 0 amide bonds. The van der Waals surface area contributed by atoms with E-state index in [-0.39, 0.29) is 5.97 Å². The number of ether oxygens (including phenoxy) is 1. The Morgan fingerprint density at radius 2 is 2.53 bits per heavy atom. The highest BCUT2D eigenvalue weighted by atomic mass is 79.9. The molecule has 0 atom stereocenters. The fraction of sp³-hybridized carbons (Fsp3) is 0.300. The highest BCUT2D eigenvalue weighted by Crippen LogP contribution is 2.25. The Balaban J connectivity index is 2.15. The van der Waals surface area contributed by atoms with Crippen LogP contribution >= 0.6 is 15.9 Å². The van der Waals surface area contributed by atoms with Crippen molar-refractivity contribution in [2.75, 3.05) is 13.2 Å². The molecule has 0 saturated heterocycles. The lowest BCUT2D eigenvalue weighted by molar-refractivity contribution is -0.138. The fourth-order valence-electron chi connectivity index (χ4n) is 1.45. The van der Waals surface area contributed by atoms with Crippen LogP contribution in [0.2, 0.25) is 0 Å². The summed E-state index contributed by atoms with van der Waals surface area (Å²) >= 11 is 3.41. The van der Waals surface area contributed by atoms with Crippen LogP contribution in [0, 0.1) is 0 Å². The molecule has 0 radical (unpaired) electrons. The van der Waals surface area contributed by atoms with Crippen LogP contribution in [0.5, 0.6) is 0 Å². The Hall–Kier alpha value is -1.23. The van der Waals surface area contributed by atoms with Gasteiger partial charge in [0.2, 0.25) is 0 Å². The smallest absolute Gasteiger partial charge is 0.356 e. The first kappa shape index (κ1) is 10.3. The minimum atomic E-state index is -0.320. The number of esters is 1. The van der Waals surface area contributed by atoms with E-state index >= 15 is 0 Å². The second-order valence-electron chi connectivity index (χ2n) is 3.14. The minimum absolute atomic E-state index is 0.320. The first-order chi connectivity index (χ1) is 7.22. The number of allylic oxidation sites excluding steroid dienone is 2. The summed E-state index contributed by atoms with van der Waals surface area (Å²) in [6.07, 6.45) is 5.73. The van der Waals surface area contributed by atoms with E-state index in [0.717, 1.165) is 16.8 Å². The number of nitrogens with zero attached hydrogens (tertiary/aromatic N) is 1. The van der Waals surface area contributed by atoms with Gasteiger partial charge in [-0.1, -0.05) is 6.08 Å². The third-order valence-corrected chi connectivity index (χ3v) is 2.75. The summed E-state index contributed by atoms with van der Waals surface area (Å²) in [5.74, 6) is 0.570. The number of rotatable bonds is 2. The molecular weight excluding hydrogens is 260 g/mol. The molecule has 2 heterocycles. The number of carbonyl (C=O) groups is 1. The Kier molecular flexibility index (Phi) is 2.81. The van der Waals surface area contributed by atoms with Gasteiger partial charge in [-0.05, 0) is 28.9 Å². The van der Waals surface area contributed by atoms with Crippen molar-refractivity contribution in [1.29, 1.82) is 0 Å². The second kappa shape index (κ2) is 4.10. The highest BCUT2D eigenvalue weighted by molar-refractivity contribution is 9.11.